The van der Waals surface area contributed by atoms with Crippen LogP contribution in [0.4, 0.5) is 5.82 Å². The number of anilines is 1. The van der Waals surface area contributed by atoms with Crippen molar-refractivity contribution < 1.29 is 4.79 Å². The van der Waals surface area contributed by atoms with Gasteiger partial charge in [-0.1, -0.05) is 40.2 Å². The van der Waals surface area contributed by atoms with Crippen LogP contribution in [0.5, 0.6) is 0 Å². The van der Waals surface area contributed by atoms with Gasteiger partial charge in [0.25, 0.3) is 5.91 Å². The van der Waals surface area contributed by atoms with E-state index in [0.717, 1.165) is 39.8 Å². The van der Waals surface area contributed by atoms with Crippen molar-refractivity contribution in [2.24, 2.45) is 0 Å². The number of hydrogen-bond donors (Lipinski definition) is 0. The van der Waals surface area contributed by atoms with E-state index in [1.165, 1.54) is 0 Å². The molecule has 2 aromatic heterocycles. The van der Waals surface area contributed by atoms with E-state index in [4.69, 9.17) is 5.10 Å². The number of halogens is 1. The zero-order valence-corrected chi connectivity index (χ0v) is 16.6. The van der Waals surface area contributed by atoms with Gasteiger partial charge in [-0.15, -0.1) is 15.3 Å². The largest absolute Gasteiger partial charge is 0.351 e. The lowest BCUT2D eigenvalue weighted by Gasteiger charge is -2.35. The second-order valence-corrected chi connectivity index (χ2v) is 7.67. The molecular formula is C20H17BrN6O. The van der Waals surface area contributed by atoms with Crippen molar-refractivity contribution in [3.63, 3.8) is 0 Å². The van der Waals surface area contributed by atoms with Gasteiger partial charge in [-0.05, 0) is 24.3 Å². The maximum Gasteiger partial charge on any atom is 0.253 e. The van der Waals surface area contributed by atoms with E-state index in [2.05, 4.69) is 37.1 Å². The first-order chi connectivity index (χ1) is 13.7. The fourth-order valence-corrected chi connectivity index (χ4v) is 3.90. The number of piperazine rings is 1. The topological polar surface area (TPSA) is 66.6 Å². The first kappa shape index (κ1) is 17.1. The summed E-state index contributed by atoms with van der Waals surface area (Å²) in [6.45, 7) is 2.77. The Hall–Kier alpha value is -3.00. The number of benzene rings is 2. The predicted octanol–water partition coefficient (Wildman–Crippen LogP) is 3.00. The average molecular weight is 437 g/mol. The highest BCUT2D eigenvalue weighted by Gasteiger charge is 2.24. The van der Waals surface area contributed by atoms with Gasteiger partial charge in [-0.3, -0.25) is 4.79 Å². The molecule has 0 unspecified atom stereocenters. The van der Waals surface area contributed by atoms with Crippen LogP contribution in [-0.4, -0.2) is 56.8 Å². The van der Waals surface area contributed by atoms with Gasteiger partial charge in [0.2, 0.25) is 0 Å². The van der Waals surface area contributed by atoms with Crippen LogP contribution < -0.4 is 4.90 Å². The number of carbonyl (C=O) groups excluding carboxylic acids is 1. The third-order valence-corrected chi connectivity index (χ3v) is 5.63. The fourth-order valence-electron chi connectivity index (χ4n) is 3.64. The van der Waals surface area contributed by atoms with Gasteiger partial charge in [0.1, 0.15) is 6.33 Å². The van der Waals surface area contributed by atoms with Crippen LogP contribution in [0, 0.1) is 0 Å². The molecule has 28 heavy (non-hydrogen) atoms. The van der Waals surface area contributed by atoms with E-state index in [0.29, 0.717) is 18.7 Å². The Morgan fingerprint density at radius 3 is 2.39 bits per heavy atom. The van der Waals surface area contributed by atoms with Crippen LogP contribution in [0.2, 0.25) is 0 Å². The van der Waals surface area contributed by atoms with Crippen molar-refractivity contribution in [2.75, 3.05) is 31.1 Å². The van der Waals surface area contributed by atoms with Gasteiger partial charge in [0, 0.05) is 47.0 Å². The Bertz CT molecular complexity index is 1160. The van der Waals surface area contributed by atoms with Crippen molar-refractivity contribution >= 4 is 44.1 Å². The molecule has 0 radical (unpaired) electrons. The highest BCUT2D eigenvalue weighted by atomic mass is 79.9. The van der Waals surface area contributed by atoms with Crippen LogP contribution in [-0.2, 0) is 0 Å². The molecule has 7 nitrogen and oxygen atoms in total. The lowest BCUT2D eigenvalue weighted by atomic mass is 10.1. The predicted molar refractivity (Wildman–Crippen MR) is 111 cm³/mol. The number of aromatic nitrogens is 4. The van der Waals surface area contributed by atoms with Crippen LogP contribution in [0.3, 0.4) is 0 Å². The Kier molecular flexibility index (Phi) is 4.20. The molecule has 0 saturated carbocycles. The maximum absolute atomic E-state index is 12.8. The summed E-state index contributed by atoms with van der Waals surface area (Å²) in [6.07, 6.45) is 1.62. The molecule has 0 bridgehead atoms. The van der Waals surface area contributed by atoms with Gasteiger partial charge in [0.15, 0.2) is 11.5 Å². The molecule has 0 aliphatic carbocycles. The van der Waals surface area contributed by atoms with Gasteiger partial charge < -0.3 is 9.80 Å². The minimum Gasteiger partial charge on any atom is -0.351 e. The van der Waals surface area contributed by atoms with E-state index in [1.807, 2.05) is 47.4 Å². The normalized spacial score (nSPS) is 14.8. The van der Waals surface area contributed by atoms with Crippen molar-refractivity contribution in [1.29, 1.82) is 0 Å². The third-order valence-electron chi connectivity index (χ3n) is 5.10. The highest BCUT2D eigenvalue weighted by Crippen LogP contribution is 2.27. The first-order valence-electron chi connectivity index (χ1n) is 9.09. The fraction of sp³-hybridized carbons (Fsp3) is 0.200. The second kappa shape index (κ2) is 6.87. The smallest absolute Gasteiger partial charge is 0.253 e. The molecule has 1 aliphatic heterocycles. The maximum atomic E-state index is 12.8. The Morgan fingerprint density at radius 2 is 1.64 bits per heavy atom. The molecule has 5 rings (SSSR count). The second-order valence-electron chi connectivity index (χ2n) is 6.75. The Labute approximate surface area is 169 Å². The van der Waals surface area contributed by atoms with E-state index in [9.17, 15) is 4.79 Å². The third kappa shape index (κ3) is 2.90. The summed E-state index contributed by atoms with van der Waals surface area (Å²) >= 11 is 3.41. The first-order valence-corrected chi connectivity index (χ1v) is 9.88. The summed E-state index contributed by atoms with van der Waals surface area (Å²) in [7, 11) is 0. The SMILES string of the molecule is O=C(c1ccc(Br)cc1)N1CCN(c2nn3cnnc3c3ccccc23)CC1. The summed E-state index contributed by atoms with van der Waals surface area (Å²) in [5.41, 5.74) is 1.47. The van der Waals surface area contributed by atoms with E-state index in [1.54, 1.807) is 10.8 Å². The van der Waals surface area contributed by atoms with Gasteiger partial charge in [0.05, 0.1) is 0 Å². The quantitative estimate of drug-likeness (QED) is 0.483. The molecule has 1 fully saturated rings. The molecular weight excluding hydrogens is 420 g/mol. The Morgan fingerprint density at radius 1 is 0.929 bits per heavy atom. The summed E-state index contributed by atoms with van der Waals surface area (Å²) in [6, 6.07) is 15.6. The number of rotatable bonds is 2. The van der Waals surface area contributed by atoms with Crippen LogP contribution in [0.1, 0.15) is 10.4 Å². The molecule has 0 N–H and O–H groups in total. The molecule has 8 heteroatoms. The zero-order chi connectivity index (χ0) is 19.1. The van der Waals surface area contributed by atoms with Crippen molar-refractivity contribution in [2.45, 2.75) is 0 Å². The summed E-state index contributed by atoms with van der Waals surface area (Å²) in [5, 5.41) is 15.0. The van der Waals surface area contributed by atoms with Crippen molar-refractivity contribution in [3.8, 4) is 0 Å². The van der Waals surface area contributed by atoms with E-state index >= 15 is 0 Å². The molecule has 3 heterocycles. The number of fused-ring (bicyclic) bond motifs is 3. The molecule has 140 valence electrons. The van der Waals surface area contributed by atoms with Crippen LogP contribution in [0.25, 0.3) is 16.4 Å². The monoisotopic (exact) mass is 436 g/mol. The molecule has 1 amide bonds. The summed E-state index contributed by atoms with van der Waals surface area (Å²) in [5.74, 6) is 0.970. The number of nitrogens with zero attached hydrogens (tertiary/aromatic N) is 6. The average Bonchev–Trinajstić information content (AvgIpc) is 3.22. The standard InChI is InChI=1S/C20H17BrN6O/c21-15-7-5-14(6-8-15)20(28)26-11-9-25(10-12-26)19-17-4-2-1-3-16(17)18-23-22-13-27(18)24-19/h1-8,13H,9-12H2. The Balaban J connectivity index is 1.41. The molecule has 0 atom stereocenters. The summed E-state index contributed by atoms with van der Waals surface area (Å²) < 4.78 is 2.69. The molecule has 1 saturated heterocycles. The molecule has 0 spiro atoms. The van der Waals surface area contributed by atoms with E-state index in [-0.39, 0.29) is 5.91 Å². The number of carbonyl (C=O) groups is 1. The number of amides is 1. The van der Waals surface area contributed by atoms with Crippen LogP contribution >= 0.6 is 15.9 Å². The van der Waals surface area contributed by atoms with Crippen LogP contribution in [0.15, 0.2) is 59.3 Å². The highest BCUT2D eigenvalue weighted by molar-refractivity contribution is 9.10. The van der Waals surface area contributed by atoms with Gasteiger partial charge in [-0.2, -0.15) is 4.52 Å². The van der Waals surface area contributed by atoms with Gasteiger partial charge in [-0.25, -0.2) is 0 Å². The minimum absolute atomic E-state index is 0.0687. The minimum atomic E-state index is 0.0687. The zero-order valence-electron chi connectivity index (χ0n) is 15.0. The van der Waals surface area contributed by atoms with Crippen molar-refractivity contribution in [3.05, 3.63) is 64.9 Å². The van der Waals surface area contributed by atoms with Gasteiger partial charge >= 0.3 is 0 Å². The lowest BCUT2D eigenvalue weighted by molar-refractivity contribution is 0.0746. The van der Waals surface area contributed by atoms with Crippen molar-refractivity contribution in [1.82, 2.24) is 24.7 Å². The summed E-state index contributed by atoms with van der Waals surface area (Å²) in [4.78, 5) is 16.9. The number of hydrogen-bond acceptors (Lipinski definition) is 5. The molecule has 4 aromatic rings. The van der Waals surface area contributed by atoms with E-state index < -0.39 is 0 Å². The molecule has 1 aliphatic rings. The molecule has 2 aromatic carbocycles. The lowest BCUT2D eigenvalue weighted by Crippen LogP contribution is -2.49.